The molecule has 1 aromatic rings. The van der Waals surface area contributed by atoms with Gasteiger partial charge in [0.15, 0.2) is 11.5 Å². The summed E-state index contributed by atoms with van der Waals surface area (Å²) in [4.78, 5) is 11.0. The molecule has 2 rings (SSSR count). The number of carbonyl (C=O) groups excluding carboxylic acids is 1. The van der Waals surface area contributed by atoms with Crippen LogP contribution in [0.2, 0.25) is 0 Å². The van der Waals surface area contributed by atoms with Gasteiger partial charge in [-0.15, -0.1) is 0 Å². The van der Waals surface area contributed by atoms with Crippen molar-refractivity contribution in [2.24, 2.45) is 5.73 Å². The maximum atomic E-state index is 11.0. The molecule has 0 amide bonds. The number of carbonyl (C=O) groups is 1. The van der Waals surface area contributed by atoms with Crippen LogP contribution in [0.1, 0.15) is 32.8 Å². The second kappa shape index (κ2) is 8.43. The summed E-state index contributed by atoms with van der Waals surface area (Å²) in [6.07, 6.45) is 1.67. The van der Waals surface area contributed by atoms with Crippen LogP contribution in [0.15, 0.2) is 18.2 Å². The zero-order chi connectivity index (χ0) is 15.0. The lowest BCUT2D eigenvalue weighted by Gasteiger charge is -2.12. The normalized spacial score (nSPS) is 13.2. The number of nitrogens with two attached hydrogens (primary N) is 1. The van der Waals surface area contributed by atoms with Gasteiger partial charge in [0.1, 0.15) is 6.10 Å². The fourth-order valence-electron chi connectivity index (χ4n) is 1.71. The Bertz CT molecular complexity index is 434. The summed E-state index contributed by atoms with van der Waals surface area (Å²) in [5.41, 5.74) is 6.21. The van der Waals surface area contributed by atoms with Gasteiger partial charge in [0, 0.05) is 6.42 Å². The number of benzene rings is 1. The number of rotatable bonds is 4. The van der Waals surface area contributed by atoms with Crippen LogP contribution in [0.5, 0.6) is 11.5 Å². The third kappa shape index (κ3) is 5.09. The van der Waals surface area contributed by atoms with E-state index in [-0.39, 0.29) is 19.4 Å². The topological polar surface area (TPSA) is 70.8 Å². The standard InChI is InChI=1S/C12H15NO4.C3H8/c1-8(17-12(14)6-13)4-9-2-3-10-11(5-9)16-7-15-10;1-3-2/h2-3,5,8H,4,6-7,13H2,1H3;3H2,1-2H3. The van der Waals surface area contributed by atoms with Crippen LogP contribution < -0.4 is 15.2 Å². The Hall–Kier alpha value is -1.75. The van der Waals surface area contributed by atoms with E-state index >= 15 is 0 Å². The lowest BCUT2D eigenvalue weighted by atomic mass is 10.1. The predicted molar refractivity (Wildman–Crippen MR) is 76.8 cm³/mol. The van der Waals surface area contributed by atoms with Gasteiger partial charge in [0.2, 0.25) is 6.79 Å². The van der Waals surface area contributed by atoms with E-state index in [1.165, 1.54) is 6.42 Å². The fraction of sp³-hybridized carbons (Fsp3) is 0.533. The van der Waals surface area contributed by atoms with Crippen LogP contribution in [0, 0.1) is 0 Å². The minimum atomic E-state index is -0.391. The van der Waals surface area contributed by atoms with Gasteiger partial charge in [0.25, 0.3) is 0 Å². The monoisotopic (exact) mass is 281 g/mol. The molecule has 0 bridgehead atoms. The second-order valence-corrected chi connectivity index (χ2v) is 4.60. The third-order valence-electron chi connectivity index (χ3n) is 2.46. The van der Waals surface area contributed by atoms with Crippen molar-refractivity contribution in [3.05, 3.63) is 23.8 Å². The van der Waals surface area contributed by atoms with E-state index < -0.39 is 5.97 Å². The molecule has 112 valence electrons. The average Bonchev–Trinajstić information content (AvgIpc) is 2.86. The Labute approximate surface area is 120 Å². The number of esters is 1. The molecule has 1 heterocycles. The van der Waals surface area contributed by atoms with Crippen LogP contribution >= 0.6 is 0 Å². The zero-order valence-corrected chi connectivity index (χ0v) is 12.3. The highest BCUT2D eigenvalue weighted by Gasteiger charge is 2.15. The molecular formula is C15H23NO4. The van der Waals surface area contributed by atoms with Gasteiger partial charge in [0.05, 0.1) is 6.54 Å². The van der Waals surface area contributed by atoms with Crippen molar-refractivity contribution in [1.82, 2.24) is 0 Å². The molecule has 5 nitrogen and oxygen atoms in total. The van der Waals surface area contributed by atoms with Gasteiger partial charge in [-0.25, -0.2) is 0 Å². The maximum Gasteiger partial charge on any atom is 0.319 e. The van der Waals surface area contributed by atoms with Crippen molar-refractivity contribution in [3.8, 4) is 11.5 Å². The molecule has 5 heteroatoms. The van der Waals surface area contributed by atoms with Crippen molar-refractivity contribution in [1.29, 1.82) is 0 Å². The first-order chi connectivity index (χ1) is 9.60. The molecule has 1 aliphatic rings. The summed E-state index contributed by atoms with van der Waals surface area (Å²) in [5, 5.41) is 0. The predicted octanol–water partition coefficient (Wildman–Crippen LogP) is 2.26. The summed E-state index contributed by atoms with van der Waals surface area (Å²) < 4.78 is 15.6. The minimum absolute atomic E-state index is 0.0918. The van der Waals surface area contributed by atoms with Crippen LogP contribution in [-0.2, 0) is 16.0 Å². The highest BCUT2D eigenvalue weighted by molar-refractivity contribution is 5.71. The van der Waals surface area contributed by atoms with Gasteiger partial charge in [-0.1, -0.05) is 26.3 Å². The first-order valence-corrected chi connectivity index (χ1v) is 6.88. The Kier molecular flexibility index (Phi) is 6.87. The molecule has 1 atom stereocenters. The molecule has 2 N–H and O–H groups in total. The second-order valence-electron chi connectivity index (χ2n) is 4.60. The lowest BCUT2D eigenvalue weighted by Crippen LogP contribution is -2.23. The Morgan fingerprint density at radius 1 is 1.35 bits per heavy atom. The van der Waals surface area contributed by atoms with Crippen molar-refractivity contribution >= 4 is 5.97 Å². The molecule has 0 fully saturated rings. The Balaban J connectivity index is 0.000000612. The molecule has 0 aliphatic carbocycles. The molecule has 1 aromatic carbocycles. The minimum Gasteiger partial charge on any atom is -0.461 e. The van der Waals surface area contributed by atoms with Gasteiger partial charge in [-0.05, 0) is 24.6 Å². The van der Waals surface area contributed by atoms with Crippen molar-refractivity contribution in [2.45, 2.75) is 39.7 Å². The quantitative estimate of drug-likeness (QED) is 0.857. The molecule has 0 saturated heterocycles. The summed E-state index contributed by atoms with van der Waals surface area (Å²) >= 11 is 0. The summed E-state index contributed by atoms with van der Waals surface area (Å²) in [6, 6.07) is 5.69. The average molecular weight is 281 g/mol. The lowest BCUT2D eigenvalue weighted by molar-refractivity contribution is -0.146. The molecule has 0 saturated carbocycles. The number of hydrogen-bond donors (Lipinski definition) is 1. The number of ether oxygens (including phenoxy) is 3. The van der Waals surface area contributed by atoms with Crippen LogP contribution in [0.3, 0.4) is 0 Å². The van der Waals surface area contributed by atoms with Crippen molar-refractivity contribution in [3.63, 3.8) is 0 Å². The zero-order valence-electron chi connectivity index (χ0n) is 12.3. The maximum absolute atomic E-state index is 11.0. The largest absolute Gasteiger partial charge is 0.461 e. The van der Waals surface area contributed by atoms with E-state index in [0.29, 0.717) is 6.42 Å². The van der Waals surface area contributed by atoms with Crippen molar-refractivity contribution in [2.75, 3.05) is 13.3 Å². The molecule has 0 aromatic heterocycles. The van der Waals surface area contributed by atoms with Crippen LogP contribution in [0.4, 0.5) is 0 Å². The summed E-state index contributed by atoms with van der Waals surface area (Å²) in [6.45, 7) is 6.25. The Morgan fingerprint density at radius 2 is 2.00 bits per heavy atom. The summed E-state index contributed by atoms with van der Waals surface area (Å²) in [5.74, 6) is 1.10. The first-order valence-electron chi connectivity index (χ1n) is 6.88. The molecule has 20 heavy (non-hydrogen) atoms. The van der Waals surface area contributed by atoms with E-state index in [1.54, 1.807) is 0 Å². The first kappa shape index (κ1) is 16.3. The van der Waals surface area contributed by atoms with E-state index in [0.717, 1.165) is 17.1 Å². The molecule has 1 unspecified atom stereocenters. The van der Waals surface area contributed by atoms with Crippen LogP contribution in [0.25, 0.3) is 0 Å². The molecule has 0 spiro atoms. The summed E-state index contributed by atoms with van der Waals surface area (Å²) in [7, 11) is 0. The smallest absolute Gasteiger partial charge is 0.319 e. The fourth-order valence-corrected chi connectivity index (χ4v) is 1.71. The number of fused-ring (bicyclic) bond motifs is 1. The van der Waals surface area contributed by atoms with E-state index in [4.69, 9.17) is 19.9 Å². The highest BCUT2D eigenvalue weighted by Crippen LogP contribution is 2.32. The Morgan fingerprint density at radius 3 is 2.65 bits per heavy atom. The van der Waals surface area contributed by atoms with E-state index in [1.807, 2.05) is 25.1 Å². The van der Waals surface area contributed by atoms with Gasteiger partial charge in [-0.3, -0.25) is 4.79 Å². The van der Waals surface area contributed by atoms with Crippen molar-refractivity contribution < 1.29 is 19.0 Å². The van der Waals surface area contributed by atoms with Gasteiger partial charge < -0.3 is 19.9 Å². The van der Waals surface area contributed by atoms with Crippen LogP contribution in [-0.4, -0.2) is 25.4 Å². The highest BCUT2D eigenvalue weighted by atomic mass is 16.7. The van der Waals surface area contributed by atoms with Gasteiger partial charge >= 0.3 is 5.97 Å². The SMILES string of the molecule is CC(Cc1ccc2c(c1)OCO2)OC(=O)CN.CCC. The van der Waals surface area contributed by atoms with Gasteiger partial charge in [-0.2, -0.15) is 0 Å². The van der Waals surface area contributed by atoms with E-state index in [9.17, 15) is 4.79 Å². The third-order valence-corrected chi connectivity index (χ3v) is 2.46. The number of hydrogen-bond acceptors (Lipinski definition) is 5. The molecule has 0 radical (unpaired) electrons. The molecule has 1 aliphatic heterocycles. The van der Waals surface area contributed by atoms with E-state index in [2.05, 4.69) is 13.8 Å². The molecular weight excluding hydrogens is 258 g/mol.